The van der Waals surface area contributed by atoms with E-state index in [2.05, 4.69) is 52.2 Å². The predicted octanol–water partition coefficient (Wildman–Crippen LogP) is 3.79. The van der Waals surface area contributed by atoms with Crippen molar-refractivity contribution in [1.29, 1.82) is 0 Å². The lowest BCUT2D eigenvalue weighted by molar-refractivity contribution is 0.444. The van der Waals surface area contributed by atoms with E-state index in [0.29, 0.717) is 5.92 Å². The van der Waals surface area contributed by atoms with E-state index in [0.717, 1.165) is 23.1 Å². The maximum atomic E-state index is 6.62. The van der Waals surface area contributed by atoms with Crippen LogP contribution in [0.5, 0.6) is 0 Å². The molecule has 1 aromatic carbocycles. The fraction of sp³-hybridized carbons (Fsp3) is 0.438. The summed E-state index contributed by atoms with van der Waals surface area (Å²) >= 11 is 3.60. The minimum absolute atomic E-state index is 0.00623. The molecule has 1 aromatic heterocycles. The molecule has 0 amide bonds. The molecule has 3 nitrogen and oxygen atoms in total. The van der Waals surface area contributed by atoms with Gasteiger partial charge in [-0.1, -0.05) is 24.3 Å². The smallest absolute Gasteiger partial charge is 0.0699 e. The molecule has 0 aliphatic heterocycles. The monoisotopic (exact) mass is 333 g/mol. The zero-order valence-electron chi connectivity index (χ0n) is 11.7. The summed E-state index contributed by atoms with van der Waals surface area (Å²) in [6.45, 7) is 2.95. The lowest BCUT2D eigenvalue weighted by Gasteiger charge is -2.30. The Labute approximate surface area is 128 Å². The van der Waals surface area contributed by atoms with Crippen LogP contribution in [-0.4, -0.2) is 9.78 Å². The first-order chi connectivity index (χ1) is 9.72. The van der Waals surface area contributed by atoms with Gasteiger partial charge in [-0.05, 0) is 53.2 Å². The number of aryl methyl sites for hydroxylation is 2. The second kappa shape index (κ2) is 5.70. The van der Waals surface area contributed by atoms with Gasteiger partial charge in [-0.15, -0.1) is 0 Å². The number of halogens is 1. The second-order valence-corrected chi connectivity index (χ2v) is 6.27. The van der Waals surface area contributed by atoms with Crippen LogP contribution in [0.1, 0.15) is 48.5 Å². The van der Waals surface area contributed by atoms with Crippen LogP contribution in [-0.2, 0) is 13.0 Å². The largest absolute Gasteiger partial charge is 0.322 e. The fourth-order valence-corrected chi connectivity index (χ4v) is 3.87. The average molecular weight is 334 g/mol. The van der Waals surface area contributed by atoms with Crippen LogP contribution in [0.2, 0.25) is 0 Å². The molecule has 2 aromatic rings. The van der Waals surface area contributed by atoms with E-state index in [4.69, 9.17) is 5.73 Å². The zero-order chi connectivity index (χ0) is 14.1. The molecule has 1 heterocycles. The molecule has 2 unspecified atom stereocenters. The van der Waals surface area contributed by atoms with E-state index in [1.165, 1.54) is 24.0 Å². The maximum absolute atomic E-state index is 6.62. The lowest BCUT2D eigenvalue weighted by Crippen LogP contribution is -2.26. The van der Waals surface area contributed by atoms with Crippen molar-refractivity contribution in [2.24, 2.45) is 5.73 Å². The first-order valence-corrected chi connectivity index (χ1v) is 8.06. The molecule has 1 aliphatic rings. The number of nitrogens with two attached hydrogens (primary N) is 1. The molecule has 0 radical (unpaired) electrons. The zero-order valence-corrected chi connectivity index (χ0v) is 13.3. The van der Waals surface area contributed by atoms with Crippen LogP contribution in [0.15, 0.2) is 34.9 Å². The van der Waals surface area contributed by atoms with Gasteiger partial charge < -0.3 is 5.73 Å². The molecule has 1 aliphatic carbocycles. The van der Waals surface area contributed by atoms with Gasteiger partial charge in [-0.25, -0.2) is 0 Å². The standard InChI is InChI=1S/C16H20BrN3/c1-2-20-16(14(17)10-19-20)15(18)13-9-5-7-11-6-3-4-8-12(11)13/h3-4,6,8,10,13,15H,2,5,7,9,18H2,1H3. The Morgan fingerprint density at radius 3 is 3.05 bits per heavy atom. The van der Waals surface area contributed by atoms with Crippen LogP contribution in [0, 0.1) is 0 Å². The Morgan fingerprint density at radius 1 is 1.45 bits per heavy atom. The van der Waals surface area contributed by atoms with Gasteiger partial charge in [0, 0.05) is 12.5 Å². The van der Waals surface area contributed by atoms with Crippen molar-refractivity contribution in [1.82, 2.24) is 9.78 Å². The van der Waals surface area contributed by atoms with Gasteiger partial charge >= 0.3 is 0 Å². The number of benzene rings is 1. The van der Waals surface area contributed by atoms with E-state index < -0.39 is 0 Å². The Kier molecular flexibility index (Phi) is 3.94. The molecule has 0 bridgehead atoms. The Balaban J connectivity index is 1.99. The van der Waals surface area contributed by atoms with E-state index in [-0.39, 0.29) is 6.04 Å². The lowest BCUT2D eigenvalue weighted by atomic mass is 9.78. The number of hydrogen-bond acceptors (Lipinski definition) is 2. The summed E-state index contributed by atoms with van der Waals surface area (Å²) in [5.41, 5.74) is 10.6. The highest BCUT2D eigenvalue weighted by molar-refractivity contribution is 9.10. The third-order valence-corrected chi connectivity index (χ3v) is 4.91. The SMILES string of the molecule is CCn1ncc(Br)c1C(N)C1CCCc2ccccc21. The molecular formula is C16H20BrN3. The summed E-state index contributed by atoms with van der Waals surface area (Å²) in [5, 5.41) is 4.40. The van der Waals surface area contributed by atoms with Gasteiger partial charge in [-0.3, -0.25) is 4.68 Å². The van der Waals surface area contributed by atoms with E-state index in [9.17, 15) is 0 Å². The molecule has 106 valence electrons. The quantitative estimate of drug-likeness (QED) is 0.928. The van der Waals surface area contributed by atoms with Crippen LogP contribution in [0.3, 0.4) is 0 Å². The van der Waals surface area contributed by atoms with Crippen molar-refractivity contribution in [2.45, 2.75) is 44.7 Å². The highest BCUT2D eigenvalue weighted by atomic mass is 79.9. The molecule has 4 heteroatoms. The summed E-state index contributed by atoms with van der Waals surface area (Å²) in [6, 6.07) is 8.71. The van der Waals surface area contributed by atoms with Crippen molar-refractivity contribution in [3.63, 3.8) is 0 Å². The Bertz CT molecular complexity index is 606. The number of aromatic nitrogens is 2. The fourth-order valence-electron chi connectivity index (χ4n) is 3.31. The van der Waals surface area contributed by atoms with Crippen molar-refractivity contribution in [3.05, 3.63) is 51.8 Å². The van der Waals surface area contributed by atoms with E-state index in [1.54, 1.807) is 0 Å². The Hall–Kier alpha value is -1.13. The molecule has 0 spiro atoms. The van der Waals surface area contributed by atoms with Crippen LogP contribution in [0.4, 0.5) is 0 Å². The first-order valence-electron chi connectivity index (χ1n) is 7.27. The van der Waals surface area contributed by atoms with Crippen molar-refractivity contribution in [3.8, 4) is 0 Å². The van der Waals surface area contributed by atoms with E-state index >= 15 is 0 Å². The van der Waals surface area contributed by atoms with Gasteiger partial charge in [-0.2, -0.15) is 5.10 Å². The summed E-state index contributed by atoms with van der Waals surface area (Å²) in [7, 11) is 0. The molecular weight excluding hydrogens is 314 g/mol. The first kappa shape index (κ1) is 13.8. The number of nitrogens with zero attached hydrogens (tertiary/aromatic N) is 2. The van der Waals surface area contributed by atoms with Gasteiger partial charge in [0.05, 0.1) is 22.4 Å². The maximum Gasteiger partial charge on any atom is 0.0699 e. The topological polar surface area (TPSA) is 43.8 Å². The number of hydrogen-bond donors (Lipinski definition) is 1. The van der Waals surface area contributed by atoms with Gasteiger partial charge in [0.15, 0.2) is 0 Å². The predicted molar refractivity (Wildman–Crippen MR) is 84.7 cm³/mol. The normalized spacial score (nSPS) is 19.6. The molecule has 0 saturated heterocycles. The summed E-state index contributed by atoms with van der Waals surface area (Å²) < 4.78 is 3.03. The molecule has 2 N–H and O–H groups in total. The number of rotatable bonds is 3. The molecule has 0 fully saturated rings. The molecule has 2 atom stereocenters. The third-order valence-electron chi connectivity index (χ3n) is 4.30. The summed E-state index contributed by atoms with van der Waals surface area (Å²) in [6.07, 6.45) is 5.40. The van der Waals surface area contributed by atoms with Gasteiger partial charge in [0.1, 0.15) is 0 Å². The highest BCUT2D eigenvalue weighted by Crippen LogP contribution is 2.40. The Morgan fingerprint density at radius 2 is 2.25 bits per heavy atom. The molecule has 0 saturated carbocycles. The van der Waals surface area contributed by atoms with Crippen molar-refractivity contribution < 1.29 is 0 Å². The third kappa shape index (κ3) is 2.31. The summed E-state index contributed by atoms with van der Waals surface area (Å²) in [4.78, 5) is 0. The van der Waals surface area contributed by atoms with E-state index in [1.807, 2.05) is 10.9 Å². The summed E-state index contributed by atoms with van der Waals surface area (Å²) in [5.74, 6) is 0.387. The van der Waals surface area contributed by atoms with Gasteiger partial charge in [0.2, 0.25) is 0 Å². The van der Waals surface area contributed by atoms with Crippen molar-refractivity contribution >= 4 is 15.9 Å². The van der Waals surface area contributed by atoms with Crippen LogP contribution < -0.4 is 5.73 Å². The van der Waals surface area contributed by atoms with Gasteiger partial charge in [0.25, 0.3) is 0 Å². The average Bonchev–Trinajstić information content (AvgIpc) is 2.87. The minimum Gasteiger partial charge on any atom is -0.322 e. The number of fused-ring (bicyclic) bond motifs is 1. The van der Waals surface area contributed by atoms with Crippen LogP contribution in [0.25, 0.3) is 0 Å². The molecule has 3 rings (SSSR count). The minimum atomic E-state index is -0.00623. The highest BCUT2D eigenvalue weighted by Gasteiger charge is 2.29. The molecule has 20 heavy (non-hydrogen) atoms. The second-order valence-electron chi connectivity index (χ2n) is 5.42. The van der Waals surface area contributed by atoms with Crippen LogP contribution >= 0.6 is 15.9 Å². The van der Waals surface area contributed by atoms with Crippen molar-refractivity contribution in [2.75, 3.05) is 0 Å².